The number of ether oxygens (including phenoxy) is 1. The molecule has 0 aliphatic carbocycles. The van der Waals surface area contributed by atoms with Crippen molar-refractivity contribution in [3.05, 3.63) is 40.6 Å². The van der Waals surface area contributed by atoms with Crippen molar-refractivity contribution in [3.8, 4) is 0 Å². The fraction of sp³-hybridized carbons (Fsp3) is 0.231. The Balaban J connectivity index is 2.14. The van der Waals surface area contributed by atoms with Crippen LogP contribution in [0.15, 0.2) is 30.5 Å². The van der Waals surface area contributed by atoms with Gasteiger partial charge in [-0.2, -0.15) is 0 Å². The second-order valence-electron chi connectivity index (χ2n) is 4.23. The Labute approximate surface area is 120 Å². The molecule has 8 nitrogen and oxygen atoms in total. The predicted octanol–water partition coefficient (Wildman–Crippen LogP) is 1.06. The number of hydrogen-bond donors (Lipinski definition) is 2. The van der Waals surface area contributed by atoms with Crippen LogP contribution in [0, 0.1) is 10.1 Å². The summed E-state index contributed by atoms with van der Waals surface area (Å²) in [5.41, 5.74) is 5.83. The van der Waals surface area contributed by atoms with E-state index in [-0.39, 0.29) is 18.9 Å². The molecule has 1 aromatic heterocycles. The number of hydrogen-bond acceptors (Lipinski definition) is 6. The van der Waals surface area contributed by atoms with Gasteiger partial charge in [0.1, 0.15) is 12.3 Å². The number of pyridine rings is 1. The lowest BCUT2D eigenvalue weighted by atomic mass is 10.1. The molecule has 0 atom stereocenters. The highest BCUT2D eigenvalue weighted by Crippen LogP contribution is 2.32. The Morgan fingerprint density at radius 2 is 2.24 bits per heavy atom. The number of primary amides is 1. The third-order valence-corrected chi connectivity index (χ3v) is 2.75. The van der Waals surface area contributed by atoms with Gasteiger partial charge in [-0.25, -0.2) is 0 Å². The van der Waals surface area contributed by atoms with Gasteiger partial charge in [0.2, 0.25) is 5.91 Å². The van der Waals surface area contributed by atoms with Gasteiger partial charge in [-0.15, -0.1) is 0 Å². The van der Waals surface area contributed by atoms with Crippen molar-refractivity contribution < 1.29 is 14.5 Å². The highest BCUT2D eigenvalue weighted by Gasteiger charge is 2.18. The molecule has 21 heavy (non-hydrogen) atoms. The second-order valence-corrected chi connectivity index (χ2v) is 4.23. The molecule has 0 fully saturated rings. The fourth-order valence-corrected chi connectivity index (χ4v) is 1.91. The van der Waals surface area contributed by atoms with Crippen molar-refractivity contribution in [2.75, 3.05) is 25.1 Å². The molecule has 2 aromatic rings. The van der Waals surface area contributed by atoms with Gasteiger partial charge < -0.3 is 15.8 Å². The summed E-state index contributed by atoms with van der Waals surface area (Å²) in [7, 11) is 0. The van der Waals surface area contributed by atoms with Crippen LogP contribution in [-0.2, 0) is 9.53 Å². The Hall–Kier alpha value is -2.74. The Morgan fingerprint density at radius 1 is 1.43 bits per heavy atom. The average Bonchev–Trinajstić information content (AvgIpc) is 2.45. The molecule has 0 radical (unpaired) electrons. The van der Waals surface area contributed by atoms with Gasteiger partial charge in [0.25, 0.3) is 0 Å². The number of nitrogens with zero attached hydrogens (tertiary/aromatic N) is 2. The second kappa shape index (κ2) is 6.62. The number of nitrogens with one attached hydrogen (secondary N) is 1. The Morgan fingerprint density at radius 3 is 2.95 bits per heavy atom. The number of carbonyl (C=O) groups is 1. The average molecular weight is 290 g/mol. The highest BCUT2D eigenvalue weighted by atomic mass is 16.6. The van der Waals surface area contributed by atoms with E-state index in [0.717, 1.165) is 0 Å². The summed E-state index contributed by atoms with van der Waals surface area (Å²) < 4.78 is 4.99. The minimum absolute atomic E-state index is 0.0319. The number of rotatable bonds is 7. The summed E-state index contributed by atoms with van der Waals surface area (Å²) in [6.07, 6.45) is 1.58. The van der Waals surface area contributed by atoms with Crippen molar-refractivity contribution in [1.29, 1.82) is 0 Å². The quantitative estimate of drug-likeness (QED) is 0.447. The van der Waals surface area contributed by atoms with E-state index in [2.05, 4.69) is 10.3 Å². The van der Waals surface area contributed by atoms with Crippen LogP contribution in [0.25, 0.3) is 10.9 Å². The number of nitro benzene ring substituents is 1. The zero-order valence-electron chi connectivity index (χ0n) is 11.1. The highest BCUT2D eigenvalue weighted by molar-refractivity contribution is 5.94. The fourth-order valence-electron chi connectivity index (χ4n) is 1.91. The summed E-state index contributed by atoms with van der Waals surface area (Å²) >= 11 is 0. The lowest BCUT2D eigenvalue weighted by Gasteiger charge is -2.08. The van der Waals surface area contributed by atoms with Gasteiger partial charge in [-0.3, -0.25) is 19.9 Å². The molecule has 0 saturated heterocycles. The molecule has 1 heterocycles. The van der Waals surface area contributed by atoms with Crippen LogP contribution in [0.3, 0.4) is 0 Å². The molecular formula is C13H14N4O4. The summed E-state index contributed by atoms with van der Waals surface area (Å²) in [6, 6.07) is 6.60. The van der Waals surface area contributed by atoms with Crippen LogP contribution >= 0.6 is 0 Å². The Kier molecular flexibility index (Phi) is 4.62. The maximum atomic E-state index is 11.3. The summed E-state index contributed by atoms with van der Waals surface area (Å²) in [6.45, 7) is 0.358. The van der Waals surface area contributed by atoms with E-state index in [0.29, 0.717) is 23.1 Å². The summed E-state index contributed by atoms with van der Waals surface area (Å²) in [5, 5.41) is 14.6. The molecule has 0 aliphatic rings. The zero-order valence-corrected chi connectivity index (χ0v) is 11.1. The monoisotopic (exact) mass is 290 g/mol. The van der Waals surface area contributed by atoms with Gasteiger partial charge in [0.15, 0.2) is 0 Å². The van der Waals surface area contributed by atoms with E-state index >= 15 is 0 Å². The maximum absolute atomic E-state index is 11.3. The van der Waals surface area contributed by atoms with Crippen LogP contribution in [0.1, 0.15) is 0 Å². The number of nitrogens with two attached hydrogens (primary N) is 1. The minimum Gasteiger partial charge on any atom is -0.377 e. The number of carbonyl (C=O) groups excluding carboxylic acids is 1. The van der Waals surface area contributed by atoms with E-state index in [1.165, 1.54) is 0 Å². The van der Waals surface area contributed by atoms with E-state index in [1.54, 1.807) is 30.5 Å². The van der Waals surface area contributed by atoms with Crippen molar-refractivity contribution >= 4 is 28.2 Å². The number of nitro groups is 1. The number of anilines is 1. The summed E-state index contributed by atoms with van der Waals surface area (Å²) in [5.74, 6) is -0.558. The molecule has 3 N–H and O–H groups in total. The van der Waals surface area contributed by atoms with Crippen LogP contribution in [0.5, 0.6) is 0 Å². The topological polar surface area (TPSA) is 120 Å². The third kappa shape index (κ3) is 3.63. The zero-order chi connectivity index (χ0) is 15.2. The predicted molar refractivity (Wildman–Crippen MR) is 76.9 cm³/mol. The first-order chi connectivity index (χ1) is 10.1. The first-order valence-corrected chi connectivity index (χ1v) is 6.21. The molecule has 0 saturated carbocycles. The van der Waals surface area contributed by atoms with Crippen LogP contribution in [0.4, 0.5) is 11.4 Å². The van der Waals surface area contributed by atoms with Crippen molar-refractivity contribution in [2.45, 2.75) is 0 Å². The van der Waals surface area contributed by atoms with Crippen LogP contribution in [0.2, 0.25) is 0 Å². The van der Waals surface area contributed by atoms with Gasteiger partial charge in [-0.1, -0.05) is 0 Å². The van der Waals surface area contributed by atoms with Gasteiger partial charge in [-0.05, 0) is 24.3 Å². The van der Waals surface area contributed by atoms with Crippen LogP contribution < -0.4 is 11.1 Å². The SMILES string of the molecule is NC(=O)COCCNc1ccc2ncccc2c1[N+](=O)[O-]. The maximum Gasteiger partial charge on any atom is 0.301 e. The van der Waals surface area contributed by atoms with E-state index in [1.807, 2.05) is 0 Å². The molecular weight excluding hydrogens is 276 g/mol. The summed E-state index contributed by atoms with van der Waals surface area (Å²) in [4.78, 5) is 25.4. The Bertz CT molecular complexity index is 674. The number of benzene rings is 1. The largest absolute Gasteiger partial charge is 0.377 e. The molecule has 0 spiro atoms. The molecule has 8 heteroatoms. The molecule has 110 valence electrons. The lowest BCUT2D eigenvalue weighted by molar-refractivity contribution is -0.382. The first-order valence-electron chi connectivity index (χ1n) is 6.21. The number of amides is 1. The lowest BCUT2D eigenvalue weighted by Crippen LogP contribution is -2.20. The molecule has 1 amide bonds. The van der Waals surface area contributed by atoms with Gasteiger partial charge in [0.05, 0.1) is 22.4 Å². The number of fused-ring (bicyclic) bond motifs is 1. The van der Waals surface area contributed by atoms with Crippen LogP contribution in [-0.4, -0.2) is 35.6 Å². The number of aromatic nitrogens is 1. The van der Waals surface area contributed by atoms with Crippen molar-refractivity contribution in [3.63, 3.8) is 0 Å². The van der Waals surface area contributed by atoms with Crippen molar-refractivity contribution in [2.24, 2.45) is 5.73 Å². The first kappa shape index (κ1) is 14.7. The molecule has 0 aliphatic heterocycles. The van der Waals surface area contributed by atoms with E-state index < -0.39 is 10.8 Å². The molecule has 0 bridgehead atoms. The van der Waals surface area contributed by atoms with Crippen molar-refractivity contribution in [1.82, 2.24) is 4.98 Å². The molecule has 0 unspecified atom stereocenters. The van der Waals surface area contributed by atoms with E-state index in [9.17, 15) is 14.9 Å². The smallest absolute Gasteiger partial charge is 0.301 e. The van der Waals surface area contributed by atoms with Gasteiger partial charge >= 0.3 is 5.69 Å². The minimum atomic E-state index is -0.558. The molecule has 1 aromatic carbocycles. The third-order valence-electron chi connectivity index (χ3n) is 2.75. The normalized spacial score (nSPS) is 10.5. The molecule has 2 rings (SSSR count). The van der Waals surface area contributed by atoms with Gasteiger partial charge in [0, 0.05) is 12.7 Å². The van der Waals surface area contributed by atoms with E-state index in [4.69, 9.17) is 10.5 Å². The standard InChI is InChI=1S/C13H14N4O4/c14-12(18)8-21-7-6-16-11-4-3-10-9(2-1-5-15-10)13(11)17(19)20/h1-5,16H,6-8H2,(H2,14,18).